The number of carbonyl (C=O) groups is 1. The number of likely N-dealkylation sites (tertiary alicyclic amines) is 1. The van der Waals surface area contributed by atoms with Crippen LogP contribution in [0.4, 0.5) is 34.3 Å². The summed E-state index contributed by atoms with van der Waals surface area (Å²) in [5, 5.41) is 12.6. The summed E-state index contributed by atoms with van der Waals surface area (Å²) in [5.74, 6) is 0.411. The molecule has 2 aliphatic rings. The molecule has 0 aliphatic carbocycles. The molecule has 4 heterocycles. The molecule has 3 aromatic rings. The maximum atomic E-state index is 14.4. The molecule has 0 amide bonds. The van der Waals surface area contributed by atoms with Gasteiger partial charge in [0.05, 0.1) is 11.3 Å². The minimum atomic E-state index is -4.68. The Balaban J connectivity index is 1.40. The van der Waals surface area contributed by atoms with E-state index in [4.69, 9.17) is 5.11 Å². The first kappa shape index (κ1) is 30.1. The first-order valence-corrected chi connectivity index (χ1v) is 15.0. The Morgan fingerprint density at radius 3 is 2.52 bits per heavy atom. The number of aromatic nitrogens is 3. The second-order valence-electron chi connectivity index (χ2n) is 11.1. The molecule has 42 heavy (non-hydrogen) atoms. The standard InChI is InChI=1S/C29H34F4N6O2S/c1-17-4-3-9-39(17)16-23-27(20-12-21(29(31,32)33)14-22(30)13-20)37-28(42-23)36-24-15-25(35-18(2)34-24)38-10-7-19(8-11-38)5-6-26(40)41/h12-15,17,19H,3-11,16H2,1-2H3,(H,40,41)(H,34,35,36,37)/t17-/m1/s1. The van der Waals surface area contributed by atoms with Gasteiger partial charge >= 0.3 is 12.1 Å². The predicted molar refractivity (Wildman–Crippen MR) is 153 cm³/mol. The number of benzene rings is 1. The molecule has 2 saturated heterocycles. The summed E-state index contributed by atoms with van der Waals surface area (Å²) in [6, 6.07) is 4.69. The van der Waals surface area contributed by atoms with Crippen molar-refractivity contribution in [2.24, 2.45) is 5.92 Å². The number of anilines is 3. The number of piperidine rings is 1. The maximum Gasteiger partial charge on any atom is 0.416 e. The van der Waals surface area contributed by atoms with Gasteiger partial charge in [0.25, 0.3) is 0 Å². The molecule has 13 heteroatoms. The van der Waals surface area contributed by atoms with E-state index < -0.39 is 23.5 Å². The molecule has 2 fully saturated rings. The van der Waals surface area contributed by atoms with Crippen LogP contribution in [-0.4, -0.2) is 56.6 Å². The molecule has 8 nitrogen and oxygen atoms in total. The van der Waals surface area contributed by atoms with Crippen LogP contribution < -0.4 is 10.2 Å². The largest absolute Gasteiger partial charge is 0.481 e. The Labute approximate surface area is 245 Å². The van der Waals surface area contributed by atoms with Gasteiger partial charge in [0.1, 0.15) is 23.3 Å². The summed E-state index contributed by atoms with van der Waals surface area (Å²) < 4.78 is 54.9. The number of rotatable bonds is 9. The highest BCUT2D eigenvalue weighted by atomic mass is 32.1. The molecule has 2 N–H and O–H groups in total. The molecule has 1 aromatic carbocycles. The van der Waals surface area contributed by atoms with Crippen LogP contribution in [0.25, 0.3) is 11.3 Å². The van der Waals surface area contributed by atoms with E-state index in [1.807, 2.05) is 6.07 Å². The van der Waals surface area contributed by atoms with Crippen LogP contribution in [0.5, 0.6) is 0 Å². The monoisotopic (exact) mass is 606 g/mol. The van der Waals surface area contributed by atoms with Gasteiger partial charge in [-0.25, -0.2) is 19.3 Å². The Hall–Kier alpha value is -3.32. The Bertz CT molecular complexity index is 1420. The highest BCUT2D eigenvalue weighted by molar-refractivity contribution is 7.16. The molecule has 0 radical (unpaired) electrons. The van der Waals surface area contributed by atoms with E-state index in [9.17, 15) is 22.4 Å². The van der Waals surface area contributed by atoms with E-state index in [1.165, 1.54) is 11.3 Å². The number of carboxylic acid groups (broad SMARTS) is 1. The lowest BCUT2D eigenvalue weighted by atomic mass is 9.92. The van der Waals surface area contributed by atoms with Crippen molar-refractivity contribution in [2.75, 3.05) is 29.9 Å². The van der Waals surface area contributed by atoms with Crippen molar-refractivity contribution in [1.29, 1.82) is 0 Å². The third kappa shape index (κ3) is 7.35. The second-order valence-corrected chi connectivity index (χ2v) is 12.2. The van der Waals surface area contributed by atoms with Crippen LogP contribution in [0.3, 0.4) is 0 Å². The van der Waals surface area contributed by atoms with Crippen molar-refractivity contribution in [1.82, 2.24) is 19.9 Å². The summed E-state index contributed by atoms with van der Waals surface area (Å²) in [7, 11) is 0. The fraction of sp³-hybridized carbons (Fsp3) is 0.517. The molecule has 0 saturated carbocycles. The number of aliphatic carboxylic acids is 1. The molecule has 226 valence electrons. The highest BCUT2D eigenvalue weighted by Crippen LogP contribution is 2.38. The summed E-state index contributed by atoms with van der Waals surface area (Å²) in [6.45, 7) is 6.78. The van der Waals surface area contributed by atoms with Crippen molar-refractivity contribution in [3.05, 3.63) is 46.3 Å². The Morgan fingerprint density at radius 1 is 1.10 bits per heavy atom. The Kier molecular flexibility index (Phi) is 8.97. The van der Waals surface area contributed by atoms with Crippen molar-refractivity contribution in [3.63, 3.8) is 0 Å². The third-order valence-electron chi connectivity index (χ3n) is 8.00. The van der Waals surface area contributed by atoms with Crippen molar-refractivity contribution >= 4 is 34.1 Å². The lowest BCUT2D eigenvalue weighted by Crippen LogP contribution is -2.34. The molecule has 1 atom stereocenters. The van der Waals surface area contributed by atoms with E-state index in [2.05, 4.69) is 37.0 Å². The summed E-state index contributed by atoms with van der Waals surface area (Å²) in [4.78, 5) is 29.8. The topological polar surface area (TPSA) is 94.5 Å². The van der Waals surface area contributed by atoms with Gasteiger partial charge in [-0.2, -0.15) is 13.2 Å². The average Bonchev–Trinajstić information content (AvgIpc) is 3.52. The summed E-state index contributed by atoms with van der Waals surface area (Å²) in [6.07, 6.45) is -0.0131. The van der Waals surface area contributed by atoms with Gasteiger partial charge in [0.2, 0.25) is 0 Å². The number of nitrogens with zero attached hydrogens (tertiary/aromatic N) is 5. The molecule has 2 aliphatic heterocycles. The zero-order valence-corrected chi connectivity index (χ0v) is 24.4. The van der Waals surface area contributed by atoms with Crippen LogP contribution in [-0.2, 0) is 17.5 Å². The zero-order valence-electron chi connectivity index (χ0n) is 23.5. The molecule has 0 bridgehead atoms. The molecular weight excluding hydrogens is 572 g/mol. The van der Waals surface area contributed by atoms with Crippen LogP contribution in [0.1, 0.15) is 61.7 Å². The van der Waals surface area contributed by atoms with Gasteiger partial charge in [-0.15, -0.1) is 0 Å². The summed E-state index contributed by atoms with van der Waals surface area (Å²) in [5.41, 5.74) is -0.650. The second kappa shape index (κ2) is 12.5. The predicted octanol–water partition coefficient (Wildman–Crippen LogP) is 6.88. The van der Waals surface area contributed by atoms with E-state index >= 15 is 0 Å². The molecule has 5 rings (SSSR count). The number of thiazole rings is 1. The van der Waals surface area contributed by atoms with Crippen LogP contribution >= 0.6 is 11.3 Å². The van der Waals surface area contributed by atoms with E-state index in [-0.39, 0.29) is 12.0 Å². The third-order valence-corrected chi connectivity index (χ3v) is 8.95. The van der Waals surface area contributed by atoms with Gasteiger partial charge in [-0.1, -0.05) is 11.3 Å². The molecule has 0 spiro atoms. The fourth-order valence-electron chi connectivity index (χ4n) is 5.71. The number of nitrogens with one attached hydrogen (secondary N) is 1. The lowest BCUT2D eigenvalue weighted by molar-refractivity contribution is -0.138. The zero-order chi connectivity index (χ0) is 30.0. The smallest absolute Gasteiger partial charge is 0.416 e. The van der Waals surface area contributed by atoms with Gasteiger partial charge in [0.15, 0.2) is 5.13 Å². The van der Waals surface area contributed by atoms with Crippen LogP contribution in [0.2, 0.25) is 0 Å². The molecule has 2 aromatic heterocycles. The van der Waals surface area contributed by atoms with Gasteiger partial charge in [0, 0.05) is 48.6 Å². The normalized spacial score (nSPS) is 18.5. The number of aryl methyl sites for hydroxylation is 1. The first-order chi connectivity index (χ1) is 19.9. The first-order valence-electron chi connectivity index (χ1n) is 14.2. The Morgan fingerprint density at radius 2 is 1.86 bits per heavy atom. The average molecular weight is 607 g/mol. The SMILES string of the molecule is Cc1nc(Nc2nc(-c3cc(F)cc(C(F)(F)F)c3)c(CN3CCC[C@H]3C)s2)cc(N2CCC(CCC(=O)O)CC2)n1. The van der Waals surface area contributed by atoms with Crippen LogP contribution in [0, 0.1) is 18.7 Å². The number of carboxylic acids is 1. The highest BCUT2D eigenvalue weighted by Gasteiger charge is 2.32. The van der Waals surface area contributed by atoms with Gasteiger partial charge < -0.3 is 15.3 Å². The summed E-state index contributed by atoms with van der Waals surface area (Å²) >= 11 is 1.32. The van der Waals surface area contributed by atoms with Gasteiger partial charge in [-0.3, -0.25) is 9.69 Å². The molecular formula is C29H34F4N6O2S. The number of alkyl halides is 3. The van der Waals surface area contributed by atoms with Crippen molar-refractivity contribution in [3.8, 4) is 11.3 Å². The number of hydrogen-bond acceptors (Lipinski definition) is 8. The van der Waals surface area contributed by atoms with Crippen LogP contribution in [0.15, 0.2) is 24.3 Å². The van der Waals surface area contributed by atoms with Crippen molar-refractivity contribution < 1.29 is 27.5 Å². The number of halogens is 4. The van der Waals surface area contributed by atoms with E-state index in [0.29, 0.717) is 53.5 Å². The minimum absolute atomic E-state index is 0.0822. The quantitative estimate of drug-likeness (QED) is 0.255. The lowest BCUT2D eigenvalue weighted by Gasteiger charge is -2.32. The van der Waals surface area contributed by atoms with E-state index in [0.717, 1.165) is 68.1 Å². The van der Waals surface area contributed by atoms with E-state index in [1.54, 1.807) is 6.92 Å². The van der Waals surface area contributed by atoms with Gasteiger partial charge in [-0.05, 0) is 76.6 Å². The fourth-order valence-corrected chi connectivity index (χ4v) is 6.72. The van der Waals surface area contributed by atoms with Crippen molar-refractivity contribution in [2.45, 2.75) is 71.1 Å². The minimum Gasteiger partial charge on any atom is -0.481 e. The molecule has 0 unspecified atom stereocenters. The maximum absolute atomic E-state index is 14.4. The number of hydrogen-bond donors (Lipinski definition) is 2.